The molecule has 0 aliphatic heterocycles. The number of hydrogen-bond donors (Lipinski definition) is 2. The van der Waals surface area contributed by atoms with E-state index in [1.54, 1.807) is 12.1 Å². The maximum atomic E-state index is 12.1. The predicted molar refractivity (Wildman–Crippen MR) is 79.2 cm³/mol. The summed E-state index contributed by atoms with van der Waals surface area (Å²) in [5.41, 5.74) is 0.265. The van der Waals surface area contributed by atoms with Crippen molar-refractivity contribution in [3.05, 3.63) is 23.8 Å². The van der Waals surface area contributed by atoms with Crippen molar-refractivity contribution in [2.75, 3.05) is 12.4 Å². The number of alkyl halides is 1. The van der Waals surface area contributed by atoms with Crippen molar-refractivity contribution in [2.45, 2.75) is 26.3 Å². The summed E-state index contributed by atoms with van der Waals surface area (Å²) in [5.74, 6) is 0.523. The third kappa shape index (κ3) is 4.42. The normalized spacial score (nSPS) is 12.3. The van der Waals surface area contributed by atoms with Crippen LogP contribution in [0.25, 0.3) is 0 Å². The molecule has 0 aliphatic carbocycles. The maximum absolute atomic E-state index is 12.1. The first kappa shape index (κ1) is 15.8. The van der Waals surface area contributed by atoms with Gasteiger partial charge < -0.3 is 15.2 Å². The number of benzene rings is 1. The van der Waals surface area contributed by atoms with Gasteiger partial charge in [0.15, 0.2) is 0 Å². The van der Waals surface area contributed by atoms with Crippen LogP contribution in [-0.2, 0) is 0 Å². The molecule has 0 aromatic heterocycles. The number of amides is 1. The van der Waals surface area contributed by atoms with E-state index in [1.807, 2.05) is 0 Å². The second kappa shape index (κ2) is 7.38. The van der Waals surface area contributed by atoms with Crippen LogP contribution in [0.4, 0.5) is 0 Å². The number of ether oxygens (including phenoxy) is 1. The quantitative estimate of drug-likeness (QED) is 0.789. The molecular weight excluding hydrogens is 310 g/mol. The Balaban J connectivity index is 2.82. The molecule has 1 unspecified atom stereocenters. The van der Waals surface area contributed by atoms with E-state index in [2.05, 4.69) is 35.1 Å². The van der Waals surface area contributed by atoms with Gasteiger partial charge in [0.2, 0.25) is 0 Å². The summed E-state index contributed by atoms with van der Waals surface area (Å²) in [6.07, 6.45) is 0.848. The largest absolute Gasteiger partial charge is 0.507 e. The second-order valence-electron chi connectivity index (χ2n) is 4.68. The lowest BCUT2D eigenvalue weighted by molar-refractivity contribution is 0.0922. The van der Waals surface area contributed by atoms with Crippen LogP contribution >= 0.6 is 15.9 Å². The van der Waals surface area contributed by atoms with Crippen LogP contribution in [0.15, 0.2) is 18.2 Å². The van der Waals surface area contributed by atoms with Gasteiger partial charge in [0.05, 0.1) is 12.7 Å². The Kier molecular flexibility index (Phi) is 6.15. The van der Waals surface area contributed by atoms with E-state index in [1.165, 1.54) is 13.2 Å². The lowest BCUT2D eigenvalue weighted by Gasteiger charge is -2.21. The molecule has 5 heteroatoms. The van der Waals surface area contributed by atoms with Crippen molar-refractivity contribution in [2.24, 2.45) is 5.92 Å². The average molecular weight is 330 g/mol. The number of phenolic OH excluding ortho intramolecular Hbond substituents is 1. The first-order valence-corrected chi connectivity index (χ1v) is 7.35. The fourth-order valence-electron chi connectivity index (χ4n) is 1.77. The fraction of sp³-hybridized carbons (Fsp3) is 0.500. The highest BCUT2D eigenvalue weighted by atomic mass is 79.9. The van der Waals surface area contributed by atoms with Crippen molar-refractivity contribution in [1.82, 2.24) is 5.32 Å². The van der Waals surface area contributed by atoms with E-state index < -0.39 is 0 Å². The lowest BCUT2D eigenvalue weighted by atomic mass is 10.0. The molecule has 0 heterocycles. The highest BCUT2D eigenvalue weighted by Crippen LogP contribution is 2.23. The van der Waals surface area contributed by atoms with Gasteiger partial charge in [0, 0.05) is 17.4 Å². The number of rotatable bonds is 6. The van der Waals surface area contributed by atoms with E-state index in [-0.39, 0.29) is 23.3 Å². The van der Waals surface area contributed by atoms with Crippen LogP contribution in [0.1, 0.15) is 30.6 Å². The molecule has 106 valence electrons. The van der Waals surface area contributed by atoms with Gasteiger partial charge in [-0.1, -0.05) is 29.8 Å². The smallest absolute Gasteiger partial charge is 0.255 e. The van der Waals surface area contributed by atoms with Crippen LogP contribution in [-0.4, -0.2) is 29.5 Å². The SMILES string of the molecule is COc1ccc(C(=O)NC(CCBr)C(C)C)c(O)c1. The van der Waals surface area contributed by atoms with E-state index in [4.69, 9.17) is 4.74 Å². The molecule has 19 heavy (non-hydrogen) atoms. The van der Waals surface area contributed by atoms with Gasteiger partial charge in [-0.15, -0.1) is 0 Å². The molecule has 1 atom stereocenters. The van der Waals surface area contributed by atoms with Gasteiger partial charge in [-0.05, 0) is 24.5 Å². The molecule has 2 N–H and O–H groups in total. The minimum Gasteiger partial charge on any atom is -0.507 e. The molecule has 0 radical (unpaired) electrons. The molecule has 0 fully saturated rings. The van der Waals surface area contributed by atoms with E-state index in [0.29, 0.717) is 11.7 Å². The van der Waals surface area contributed by atoms with Gasteiger partial charge in [0.1, 0.15) is 11.5 Å². The van der Waals surface area contributed by atoms with Gasteiger partial charge in [-0.2, -0.15) is 0 Å². The van der Waals surface area contributed by atoms with Crippen molar-refractivity contribution >= 4 is 21.8 Å². The maximum Gasteiger partial charge on any atom is 0.255 e. The Morgan fingerprint density at radius 3 is 2.63 bits per heavy atom. The van der Waals surface area contributed by atoms with Crippen molar-refractivity contribution < 1.29 is 14.6 Å². The monoisotopic (exact) mass is 329 g/mol. The Labute approximate surface area is 122 Å². The van der Waals surface area contributed by atoms with Gasteiger partial charge in [0.25, 0.3) is 5.91 Å². The number of methoxy groups -OCH3 is 1. The van der Waals surface area contributed by atoms with E-state index in [0.717, 1.165) is 11.8 Å². The first-order chi connectivity index (χ1) is 8.99. The highest BCUT2D eigenvalue weighted by Gasteiger charge is 2.18. The zero-order chi connectivity index (χ0) is 14.4. The van der Waals surface area contributed by atoms with Crippen LogP contribution in [0.5, 0.6) is 11.5 Å². The second-order valence-corrected chi connectivity index (χ2v) is 5.48. The third-order valence-electron chi connectivity index (χ3n) is 2.99. The summed E-state index contributed by atoms with van der Waals surface area (Å²) >= 11 is 3.38. The van der Waals surface area contributed by atoms with E-state index >= 15 is 0 Å². The average Bonchev–Trinajstić information content (AvgIpc) is 2.37. The van der Waals surface area contributed by atoms with Crippen molar-refractivity contribution in [3.8, 4) is 11.5 Å². The van der Waals surface area contributed by atoms with Crippen molar-refractivity contribution in [1.29, 1.82) is 0 Å². The molecule has 0 saturated carbocycles. The predicted octanol–water partition coefficient (Wildman–Crippen LogP) is 2.94. The Bertz CT molecular complexity index is 435. The number of nitrogens with one attached hydrogen (secondary N) is 1. The number of carbonyl (C=O) groups excluding carboxylic acids is 1. The summed E-state index contributed by atoms with van der Waals surface area (Å²) in [7, 11) is 1.51. The minimum atomic E-state index is -0.264. The molecular formula is C14H20BrNO3. The number of carbonyl (C=O) groups is 1. The summed E-state index contributed by atoms with van der Waals surface area (Å²) in [6.45, 7) is 4.11. The van der Waals surface area contributed by atoms with Gasteiger partial charge in [-0.3, -0.25) is 4.79 Å². The molecule has 1 amide bonds. The third-order valence-corrected chi connectivity index (χ3v) is 3.45. The van der Waals surface area contributed by atoms with Crippen LogP contribution < -0.4 is 10.1 Å². The Morgan fingerprint density at radius 1 is 1.47 bits per heavy atom. The van der Waals surface area contributed by atoms with Crippen LogP contribution in [0.2, 0.25) is 0 Å². The number of phenols is 1. The zero-order valence-corrected chi connectivity index (χ0v) is 13.0. The summed E-state index contributed by atoms with van der Waals surface area (Å²) in [6, 6.07) is 4.73. The minimum absolute atomic E-state index is 0.0711. The van der Waals surface area contributed by atoms with Crippen molar-refractivity contribution in [3.63, 3.8) is 0 Å². The first-order valence-electron chi connectivity index (χ1n) is 6.23. The zero-order valence-electron chi connectivity index (χ0n) is 11.4. The Morgan fingerprint density at radius 2 is 2.16 bits per heavy atom. The summed E-state index contributed by atoms with van der Waals surface area (Å²) in [4.78, 5) is 12.1. The van der Waals surface area contributed by atoms with Gasteiger partial charge in [-0.25, -0.2) is 0 Å². The summed E-state index contributed by atoms with van der Waals surface area (Å²) in [5, 5.41) is 13.6. The van der Waals surface area contributed by atoms with Gasteiger partial charge >= 0.3 is 0 Å². The van der Waals surface area contributed by atoms with E-state index in [9.17, 15) is 9.90 Å². The topological polar surface area (TPSA) is 58.6 Å². The van der Waals surface area contributed by atoms with Crippen LogP contribution in [0, 0.1) is 5.92 Å². The van der Waals surface area contributed by atoms with Crippen LogP contribution in [0.3, 0.4) is 0 Å². The molecule has 0 saturated heterocycles. The molecule has 1 aromatic rings. The molecule has 1 rings (SSSR count). The standard InChI is InChI=1S/C14H20BrNO3/c1-9(2)12(6-7-15)16-14(18)11-5-4-10(19-3)8-13(11)17/h4-5,8-9,12,17H,6-7H2,1-3H3,(H,16,18). The molecule has 0 aliphatic rings. The number of aromatic hydroxyl groups is 1. The molecule has 4 nitrogen and oxygen atoms in total. The fourth-order valence-corrected chi connectivity index (χ4v) is 2.26. The lowest BCUT2D eigenvalue weighted by Crippen LogP contribution is -2.38. The highest BCUT2D eigenvalue weighted by molar-refractivity contribution is 9.09. The summed E-state index contributed by atoms with van der Waals surface area (Å²) < 4.78 is 4.99. The number of hydrogen-bond acceptors (Lipinski definition) is 3. The molecule has 0 bridgehead atoms. The Hall–Kier alpha value is -1.23. The molecule has 1 aromatic carbocycles. The molecule has 0 spiro atoms. The number of halogens is 1.